The Kier molecular flexibility index (Phi) is 2.79. The van der Waals surface area contributed by atoms with Gasteiger partial charge >= 0.3 is 0 Å². The summed E-state index contributed by atoms with van der Waals surface area (Å²) in [6.07, 6.45) is 3.99. The van der Waals surface area contributed by atoms with Crippen molar-refractivity contribution < 1.29 is 0 Å². The van der Waals surface area contributed by atoms with E-state index in [0.717, 1.165) is 23.5 Å². The van der Waals surface area contributed by atoms with E-state index in [9.17, 15) is 0 Å². The van der Waals surface area contributed by atoms with Gasteiger partial charge in [0.1, 0.15) is 5.82 Å². The summed E-state index contributed by atoms with van der Waals surface area (Å²) in [4.78, 5) is 8.57. The molecule has 0 atom stereocenters. The molecule has 0 aliphatic heterocycles. The largest absolute Gasteiger partial charge is 0.238 e. The molecule has 0 aliphatic rings. The molecule has 0 spiro atoms. The molecule has 0 saturated heterocycles. The van der Waals surface area contributed by atoms with Crippen molar-refractivity contribution in [1.82, 2.24) is 9.97 Å². The second kappa shape index (κ2) is 3.65. The summed E-state index contributed by atoms with van der Waals surface area (Å²) in [5.41, 5.74) is 2.19. The van der Waals surface area contributed by atoms with Crippen LogP contribution in [-0.2, 0) is 6.42 Å². The minimum Gasteiger partial charge on any atom is -0.238 e. The van der Waals surface area contributed by atoms with Crippen LogP contribution in [0.3, 0.4) is 0 Å². The molecular formula is C10H15N2. The first-order valence-electron chi connectivity index (χ1n) is 4.40. The van der Waals surface area contributed by atoms with Gasteiger partial charge in [0.25, 0.3) is 0 Å². The summed E-state index contributed by atoms with van der Waals surface area (Å²) in [5.74, 6) is 1.29. The molecule has 1 rings (SSSR count). The molecule has 65 valence electrons. The van der Waals surface area contributed by atoms with Crippen LogP contribution < -0.4 is 0 Å². The molecule has 0 bridgehead atoms. The molecular weight excluding hydrogens is 148 g/mol. The van der Waals surface area contributed by atoms with Gasteiger partial charge in [-0.1, -0.05) is 20.8 Å². The Morgan fingerprint density at radius 1 is 1.42 bits per heavy atom. The van der Waals surface area contributed by atoms with E-state index in [1.54, 1.807) is 0 Å². The minimum atomic E-state index is 0.394. The highest BCUT2D eigenvalue weighted by atomic mass is 14.9. The zero-order valence-corrected chi connectivity index (χ0v) is 8.18. The van der Waals surface area contributed by atoms with E-state index in [2.05, 4.69) is 36.9 Å². The molecule has 2 heteroatoms. The maximum Gasteiger partial charge on any atom is 0.131 e. The quantitative estimate of drug-likeness (QED) is 0.668. The zero-order valence-electron chi connectivity index (χ0n) is 8.18. The Morgan fingerprint density at radius 3 is 2.50 bits per heavy atom. The predicted molar refractivity (Wildman–Crippen MR) is 49.1 cm³/mol. The van der Waals surface area contributed by atoms with Gasteiger partial charge in [0.15, 0.2) is 0 Å². The average Bonchev–Trinajstić information content (AvgIpc) is 2.04. The van der Waals surface area contributed by atoms with Crippen molar-refractivity contribution >= 4 is 0 Å². The van der Waals surface area contributed by atoms with E-state index in [0.29, 0.717) is 5.92 Å². The maximum atomic E-state index is 4.40. The van der Waals surface area contributed by atoms with Crippen LogP contribution in [0, 0.1) is 13.1 Å². The van der Waals surface area contributed by atoms with Gasteiger partial charge in [0.2, 0.25) is 0 Å². The third-order valence-corrected chi connectivity index (χ3v) is 1.89. The number of hydrogen-bond donors (Lipinski definition) is 0. The van der Waals surface area contributed by atoms with Crippen LogP contribution >= 0.6 is 0 Å². The Hall–Kier alpha value is -0.920. The number of aromatic nitrogens is 2. The van der Waals surface area contributed by atoms with Crippen molar-refractivity contribution in [3.63, 3.8) is 0 Å². The first kappa shape index (κ1) is 9.17. The van der Waals surface area contributed by atoms with E-state index in [1.807, 2.05) is 6.92 Å². The molecule has 0 unspecified atom stereocenters. The fraction of sp³-hybridized carbons (Fsp3) is 0.600. The number of rotatable bonds is 2. The van der Waals surface area contributed by atoms with Gasteiger partial charge in [-0.25, -0.2) is 9.97 Å². The lowest BCUT2D eigenvalue weighted by molar-refractivity contribution is 0.756. The van der Waals surface area contributed by atoms with Gasteiger partial charge in [0, 0.05) is 17.2 Å². The number of hydrogen-bond acceptors (Lipinski definition) is 2. The SMILES string of the molecule is CCc1[c]nc(C(C)C)nc1C. The molecule has 1 heterocycles. The van der Waals surface area contributed by atoms with Crippen LogP contribution in [0.15, 0.2) is 0 Å². The minimum absolute atomic E-state index is 0.394. The maximum absolute atomic E-state index is 4.40. The first-order valence-corrected chi connectivity index (χ1v) is 4.40. The molecule has 0 fully saturated rings. The topological polar surface area (TPSA) is 25.8 Å². The summed E-state index contributed by atoms with van der Waals surface area (Å²) in [6, 6.07) is 0. The van der Waals surface area contributed by atoms with Gasteiger partial charge in [-0.15, -0.1) is 0 Å². The second-order valence-corrected chi connectivity index (χ2v) is 3.27. The highest BCUT2D eigenvalue weighted by Crippen LogP contribution is 2.10. The van der Waals surface area contributed by atoms with E-state index in [1.165, 1.54) is 0 Å². The zero-order chi connectivity index (χ0) is 9.14. The van der Waals surface area contributed by atoms with Gasteiger partial charge in [-0.3, -0.25) is 0 Å². The smallest absolute Gasteiger partial charge is 0.131 e. The third kappa shape index (κ3) is 1.81. The summed E-state index contributed by atoms with van der Waals surface area (Å²) in [7, 11) is 0. The van der Waals surface area contributed by atoms with E-state index in [-0.39, 0.29) is 0 Å². The van der Waals surface area contributed by atoms with Crippen LogP contribution in [0.1, 0.15) is 43.8 Å². The van der Waals surface area contributed by atoms with Gasteiger partial charge in [-0.05, 0) is 13.3 Å². The van der Waals surface area contributed by atoms with Gasteiger partial charge < -0.3 is 0 Å². The molecule has 1 radical (unpaired) electrons. The molecule has 1 aromatic heterocycles. The fourth-order valence-electron chi connectivity index (χ4n) is 1.06. The summed E-state index contributed by atoms with van der Waals surface area (Å²) < 4.78 is 0. The van der Waals surface area contributed by atoms with Crippen molar-refractivity contribution in [3.8, 4) is 0 Å². The summed E-state index contributed by atoms with van der Waals surface area (Å²) in [6.45, 7) is 8.29. The first-order chi connectivity index (χ1) is 5.65. The lowest BCUT2D eigenvalue weighted by atomic mass is 10.1. The molecule has 0 saturated carbocycles. The molecule has 0 N–H and O–H groups in total. The Labute approximate surface area is 74.1 Å². The average molecular weight is 163 g/mol. The summed E-state index contributed by atoms with van der Waals surface area (Å²) >= 11 is 0. The monoisotopic (exact) mass is 163 g/mol. The van der Waals surface area contributed by atoms with Crippen molar-refractivity contribution in [3.05, 3.63) is 23.3 Å². The Bertz CT molecular complexity index is 267. The highest BCUT2D eigenvalue weighted by molar-refractivity contribution is 5.15. The van der Waals surface area contributed by atoms with Crippen molar-refractivity contribution in [2.24, 2.45) is 0 Å². The lowest BCUT2D eigenvalue weighted by Crippen LogP contribution is -2.02. The van der Waals surface area contributed by atoms with E-state index in [4.69, 9.17) is 0 Å². The Morgan fingerprint density at radius 2 is 2.08 bits per heavy atom. The lowest BCUT2D eigenvalue weighted by Gasteiger charge is -2.05. The van der Waals surface area contributed by atoms with Crippen LogP contribution in [0.2, 0.25) is 0 Å². The van der Waals surface area contributed by atoms with Crippen molar-refractivity contribution in [2.45, 2.75) is 40.0 Å². The molecule has 12 heavy (non-hydrogen) atoms. The normalized spacial score (nSPS) is 10.8. The van der Waals surface area contributed by atoms with E-state index >= 15 is 0 Å². The van der Waals surface area contributed by atoms with Crippen LogP contribution in [-0.4, -0.2) is 9.97 Å². The second-order valence-electron chi connectivity index (χ2n) is 3.27. The van der Waals surface area contributed by atoms with Gasteiger partial charge in [0.05, 0.1) is 6.20 Å². The fourth-order valence-corrected chi connectivity index (χ4v) is 1.06. The van der Waals surface area contributed by atoms with Crippen LogP contribution in [0.4, 0.5) is 0 Å². The highest BCUT2D eigenvalue weighted by Gasteiger charge is 2.04. The third-order valence-electron chi connectivity index (χ3n) is 1.89. The molecule has 0 aromatic carbocycles. The molecule has 0 amide bonds. The van der Waals surface area contributed by atoms with Crippen LogP contribution in [0.5, 0.6) is 0 Å². The number of nitrogens with zero attached hydrogens (tertiary/aromatic N) is 2. The molecule has 0 aliphatic carbocycles. The van der Waals surface area contributed by atoms with E-state index < -0.39 is 0 Å². The van der Waals surface area contributed by atoms with Gasteiger partial charge in [-0.2, -0.15) is 0 Å². The van der Waals surface area contributed by atoms with Crippen molar-refractivity contribution in [2.75, 3.05) is 0 Å². The molecule has 2 nitrogen and oxygen atoms in total. The summed E-state index contributed by atoms with van der Waals surface area (Å²) in [5, 5.41) is 0. The van der Waals surface area contributed by atoms with Crippen LogP contribution in [0.25, 0.3) is 0 Å². The number of aryl methyl sites for hydroxylation is 2. The standard InChI is InChI=1S/C10H15N2/c1-5-9-6-11-10(7(2)3)12-8(9)4/h7H,5H2,1-4H3. The Balaban J connectivity index is 3.02. The van der Waals surface area contributed by atoms with Crippen molar-refractivity contribution in [1.29, 1.82) is 0 Å². The molecule has 1 aromatic rings. The predicted octanol–water partition coefficient (Wildman–Crippen LogP) is 2.27.